The van der Waals surface area contributed by atoms with E-state index in [2.05, 4.69) is 33.4 Å². The van der Waals surface area contributed by atoms with E-state index in [0.717, 1.165) is 29.4 Å². The maximum absolute atomic E-state index is 12.0. The zero-order valence-electron chi connectivity index (χ0n) is 8.95. The molecular weight excluding hydrogens is 266 g/mol. The molecule has 0 heterocycles. The molecular formula is C13H14BrNO. The number of hydrogen-bond acceptors (Lipinski definition) is 1. The Morgan fingerprint density at radius 1 is 1.31 bits per heavy atom. The van der Waals surface area contributed by atoms with Crippen molar-refractivity contribution in [2.24, 2.45) is 5.92 Å². The number of amides is 1. The van der Waals surface area contributed by atoms with E-state index in [1.807, 2.05) is 24.3 Å². The van der Waals surface area contributed by atoms with Gasteiger partial charge in [-0.1, -0.05) is 24.3 Å². The standard InChI is InChI=1S/C13H14BrNO/c14-11-8-4-5-9-12(11)15-13(16)10-6-2-1-3-7-10/h1-2,4-5,8-10H,3,6-7H2,(H,15,16). The van der Waals surface area contributed by atoms with E-state index in [0.29, 0.717) is 0 Å². The van der Waals surface area contributed by atoms with Crippen molar-refractivity contribution in [1.29, 1.82) is 0 Å². The summed E-state index contributed by atoms with van der Waals surface area (Å²) in [6.45, 7) is 0. The molecule has 1 amide bonds. The number of allylic oxidation sites excluding steroid dienone is 2. The van der Waals surface area contributed by atoms with Crippen LogP contribution in [0.1, 0.15) is 19.3 Å². The molecule has 1 aliphatic rings. The maximum Gasteiger partial charge on any atom is 0.227 e. The fraction of sp³-hybridized carbons (Fsp3) is 0.308. The molecule has 1 aromatic carbocycles. The molecule has 0 saturated heterocycles. The Morgan fingerprint density at radius 2 is 2.12 bits per heavy atom. The lowest BCUT2D eigenvalue weighted by Crippen LogP contribution is -2.23. The Hall–Kier alpha value is -1.09. The summed E-state index contributed by atoms with van der Waals surface area (Å²) in [4.78, 5) is 12.0. The predicted molar refractivity (Wildman–Crippen MR) is 69.3 cm³/mol. The van der Waals surface area contributed by atoms with Crippen molar-refractivity contribution in [2.45, 2.75) is 19.3 Å². The highest BCUT2D eigenvalue weighted by Crippen LogP contribution is 2.24. The molecule has 0 aliphatic heterocycles. The summed E-state index contributed by atoms with van der Waals surface area (Å²) in [5, 5.41) is 2.96. The average Bonchev–Trinajstić information content (AvgIpc) is 2.33. The molecule has 1 unspecified atom stereocenters. The molecule has 84 valence electrons. The van der Waals surface area contributed by atoms with Gasteiger partial charge in [-0.15, -0.1) is 0 Å². The normalized spacial score (nSPS) is 19.4. The molecule has 0 bridgehead atoms. The van der Waals surface area contributed by atoms with E-state index >= 15 is 0 Å². The number of carbonyl (C=O) groups excluding carboxylic acids is 1. The summed E-state index contributed by atoms with van der Waals surface area (Å²) in [6, 6.07) is 7.68. The van der Waals surface area contributed by atoms with Crippen LogP contribution < -0.4 is 5.32 Å². The number of hydrogen-bond donors (Lipinski definition) is 1. The van der Waals surface area contributed by atoms with Crippen LogP contribution in [-0.2, 0) is 4.79 Å². The van der Waals surface area contributed by atoms with Gasteiger partial charge in [0.15, 0.2) is 0 Å². The van der Waals surface area contributed by atoms with Crippen LogP contribution in [0.15, 0.2) is 40.9 Å². The Labute approximate surface area is 104 Å². The van der Waals surface area contributed by atoms with Gasteiger partial charge in [-0.05, 0) is 47.3 Å². The first-order valence-electron chi connectivity index (χ1n) is 5.48. The van der Waals surface area contributed by atoms with E-state index in [1.165, 1.54) is 0 Å². The van der Waals surface area contributed by atoms with Gasteiger partial charge in [-0.3, -0.25) is 4.79 Å². The molecule has 2 rings (SSSR count). The van der Waals surface area contributed by atoms with Gasteiger partial charge in [0.25, 0.3) is 0 Å². The highest BCUT2D eigenvalue weighted by Gasteiger charge is 2.18. The second kappa shape index (κ2) is 5.30. The SMILES string of the molecule is O=C(Nc1ccccc1Br)C1CC=CCC1. The van der Waals surface area contributed by atoms with Crippen LogP contribution in [0.25, 0.3) is 0 Å². The molecule has 2 nitrogen and oxygen atoms in total. The highest BCUT2D eigenvalue weighted by atomic mass is 79.9. The smallest absolute Gasteiger partial charge is 0.227 e. The number of para-hydroxylation sites is 1. The predicted octanol–water partition coefficient (Wildman–Crippen LogP) is 3.74. The lowest BCUT2D eigenvalue weighted by molar-refractivity contribution is -0.120. The van der Waals surface area contributed by atoms with Crippen LogP contribution in [0.5, 0.6) is 0 Å². The summed E-state index contributed by atoms with van der Waals surface area (Å²) in [5.41, 5.74) is 0.849. The van der Waals surface area contributed by atoms with Crippen LogP contribution in [0.3, 0.4) is 0 Å². The quantitative estimate of drug-likeness (QED) is 0.821. The van der Waals surface area contributed by atoms with Gasteiger partial charge in [0.2, 0.25) is 5.91 Å². The molecule has 1 N–H and O–H groups in total. The number of halogens is 1. The largest absolute Gasteiger partial charge is 0.325 e. The number of benzene rings is 1. The van der Waals surface area contributed by atoms with Crippen LogP contribution in [-0.4, -0.2) is 5.91 Å². The molecule has 0 saturated carbocycles. The number of nitrogens with one attached hydrogen (secondary N) is 1. The number of carbonyl (C=O) groups is 1. The molecule has 0 aromatic heterocycles. The van der Waals surface area contributed by atoms with Crippen molar-refractivity contribution in [3.05, 3.63) is 40.9 Å². The minimum atomic E-state index is 0.122. The molecule has 0 fully saturated rings. The number of rotatable bonds is 2. The van der Waals surface area contributed by atoms with Gasteiger partial charge in [0.05, 0.1) is 5.69 Å². The first-order chi connectivity index (χ1) is 7.77. The Bertz CT molecular complexity index is 414. The van der Waals surface area contributed by atoms with Gasteiger partial charge in [-0.2, -0.15) is 0 Å². The van der Waals surface area contributed by atoms with Crippen molar-refractivity contribution in [3.63, 3.8) is 0 Å². The van der Waals surface area contributed by atoms with Crippen LogP contribution in [0.4, 0.5) is 5.69 Å². The molecule has 1 aliphatic carbocycles. The van der Waals surface area contributed by atoms with Crippen molar-refractivity contribution in [1.82, 2.24) is 0 Å². The lowest BCUT2D eigenvalue weighted by atomic mass is 9.93. The van der Waals surface area contributed by atoms with Crippen molar-refractivity contribution >= 4 is 27.5 Å². The number of anilines is 1. The van der Waals surface area contributed by atoms with Gasteiger partial charge in [0, 0.05) is 10.4 Å². The van der Waals surface area contributed by atoms with Crippen LogP contribution in [0, 0.1) is 5.92 Å². The van der Waals surface area contributed by atoms with E-state index in [1.54, 1.807) is 0 Å². The molecule has 0 radical (unpaired) electrons. The molecule has 3 heteroatoms. The molecule has 16 heavy (non-hydrogen) atoms. The molecule has 1 atom stereocenters. The van der Waals surface area contributed by atoms with Gasteiger partial charge in [-0.25, -0.2) is 0 Å². The minimum Gasteiger partial charge on any atom is -0.325 e. The first kappa shape index (κ1) is 11.4. The molecule has 1 aromatic rings. The van der Waals surface area contributed by atoms with Gasteiger partial charge < -0.3 is 5.32 Å². The van der Waals surface area contributed by atoms with Crippen molar-refractivity contribution in [3.8, 4) is 0 Å². The third kappa shape index (κ3) is 2.73. The van der Waals surface area contributed by atoms with E-state index in [9.17, 15) is 4.79 Å². The summed E-state index contributed by atoms with van der Waals surface area (Å²) in [5.74, 6) is 0.244. The van der Waals surface area contributed by atoms with Crippen LogP contribution in [0.2, 0.25) is 0 Å². The first-order valence-corrected chi connectivity index (χ1v) is 6.27. The Kier molecular flexibility index (Phi) is 3.78. The highest BCUT2D eigenvalue weighted by molar-refractivity contribution is 9.10. The topological polar surface area (TPSA) is 29.1 Å². The van der Waals surface area contributed by atoms with Crippen molar-refractivity contribution < 1.29 is 4.79 Å². The van der Waals surface area contributed by atoms with Gasteiger partial charge in [0.1, 0.15) is 0 Å². The third-order valence-electron chi connectivity index (χ3n) is 2.77. The fourth-order valence-corrected chi connectivity index (χ4v) is 2.21. The Balaban J connectivity index is 2.02. The van der Waals surface area contributed by atoms with E-state index in [4.69, 9.17) is 0 Å². The van der Waals surface area contributed by atoms with Gasteiger partial charge >= 0.3 is 0 Å². The lowest BCUT2D eigenvalue weighted by Gasteiger charge is -2.17. The second-order valence-corrected chi connectivity index (χ2v) is 4.80. The maximum atomic E-state index is 12.0. The second-order valence-electron chi connectivity index (χ2n) is 3.95. The third-order valence-corrected chi connectivity index (χ3v) is 3.46. The Morgan fingerprint density at radius 3 is 2.81 bits per heavy atom. The average molecular weight is 280 g/mol. The summed E-state index contributed by atoms with van der Waals surface area (Å²) >= 11 is 3.42. The minimum absolute atomic E-state index is 0.122. The van der Waals surface area contributed by atoms with E-state index in [-0.39, 0.29) is 11.8 Å². The van der Waals surface area contributed by atoms with E-state index < -0.39 is 0 Å². The summed E-state index contributed by atoms with van der Waals surface area (Å²) < 4.78 is 0.926. The summed E-state index contributed by atoms with van der Waals surface area (Å²) in [6.07, 6.45) is 7.05. The zero-order valence-corrected chi connectivity index (χ0v) is 10.5. The summed E-state index contributed by atoms with van der Waals surface area (Å²) in [7, 11) is 0. The van der Waals surface area contributed by atoms with Crippen molar-refractivity contribution in [2.75, 3.05) is 5.32 Å². The molecule has 0 spiro atoms. The monoisotopic (exact) mass is 279 g/mol. The zero-order chi connectivity index (χ0) is 11.4. The fourth-order valence-electron chi connectivity index (χ4n) is 1.83. The van der Waals surface area contributed by atoms with Crippen LogP contribution >= 0.6 is 15.9 Å².